The molecule has 142 valence electrons. The lowest BCUT2D eigenvalue weighted by atomic mass is 9.75. The number of fused-ring (bicyclic) bond motifs is 3. The van der Waals surface area contributed by atoms with Gasteiger partial charge in [0.1, 0.15) is 0 Å². The maximum absolute atomic E-state index is 13.0. The highest BCUT2D eigenvalue weighted by Gasteiger charge is 2.46. The Balaban J connectivity index is 1.53. The second-order valence-electron chi connectivity index (χ2n) is 7.67. The number of nitrogens with one attached hydrogen (secondary N) is 1. The van der Waals surface area contributed by atoms with E-state index in [4.69, 9.17) is 0 Å². The molecule has 6 nitrogen and oxygen atoms in total. The van der Waals surface area contributed by atoms with Crippen LogP contribution in [-0.2, 0) is 6.54 Å². The molecule has 3 saturated heterocycles. The Morgan fingerprint density at radius 1 is 1.22 bits per heavy atom. The molecule has 1 aromatic heterocycles. The van der Waals surface area contributed by atoms with Crippen molar-refractivity contribution < 1.29 is 9.90 Å². The molecule has 6 heteroatoms. The summed E-state index contributed by atoms with van der Waals surface area (Å²) < 4.78 is 0. The Morgan fingerprint density at radius 3 is 2.63 bits per heavy atom. The van der Waals surface area contributed by atoms with Crippen LogP contribution in [0, 0.1) is 5.92 Å². The fraction of sp³-hybridized carbons (Fsp3) is 0.429. The minimum absolute atomic E-state index is 0.211. The molecule has 2 bridgehead atoms. The van der Waals surface area contributed by atoms with Crippen molar-refractivity contribution in [1.82, 2.24) is 14.8 Å². The summed E-state index contributed by atoms with van der Waals surface area (Å²) in [6, 6.07) is 13.3. The molecule has 1 unspecified atom stereocenters. The van der Waals surface area contributed by atoms with Gasteiger partial charge in [-0.2, -0.15) is 0 Å². The number of nitrogens with zero attached hydrogens (tertiary/aromatic N) is 3. The van der Waals surface area contributed by atoms with Gasteiger partial charge < -0.3 is 20.2 Å². The molecule has 5 rings (SSSR count). The van der Waals surface area contributed by atoms with E-state index in [9.17, 15) is 9.90 Å². The Hall–Kier alpha value is -2.44. The molecule has 1 atom stereocenters. The van der Waals surface area contributed by atoms with Crippen LogP contribution in [0.25, 0.3) is 0 Å². The van der Waals surface area contributed by atoms with Crippen molar-refractivity contribution in [3.05, 3.63) is 60.4 Å². The van der Waals surface area contributed by atoms with E-state index in [1.165, 1.54) is 0 Å². The first-order chi connectivity index (χ1) is 13.1. The highest BCUT2D eigenvalue weighted by atomic mass is 16.3. The quantitative estimate of drug-likeness (QED) is 0.853. The predicted molar refractivity (Wildman–Crippen MR) is 104 cm³/mol. The molecule has 3 aliphatic heterocycles. The highest BCUT2D eigenvalue weighted by Crippen LogP contribution is 2.36. The van der Waals surface area contributed by atoms with Crippen LogP contribution in [0.2, 0.25) is 0 Å². The fourth-order valence-corrected chi connectivity index (χ4v) is 4.30. The minimum atomic E-state index is -0.850. The highest BCUT2D eigenvalue weighted by molar-refractivity contribution is 5.89. The zero-order chi connectivity index (χ0) is 18.7. The monoisotopic (exact) mass is 366 g/mol. The van der Waals surface area contributed by atoms with Gasteiger partial charge in [0.15, 0.2) is 0 Å². The summed E-state index contributed by atoms with van der Waals surface area (Å²) in [7, 11) is 0. The smallest absolute Gasteiger partial charge is 0.322 e. The Bertz CT molecular complexity index is 762. The van der Waals surface area contributed by atoms with Gasteiger partial charge in [-0.25, -0.2) is 4.79 Å². The summed E-state index contributed by atoms with van der Waals surface area (Å²) >= 11 is 0. The number of aliphatic hydroxyl groups is 1. The Morgan fingerprint density at radius 2 is 2.00 bits per heavy atom. The molecule has 0 saturated carbocycles. The molecular formula is C21H26N4O2. The maximum Gasteiger partial charge on any atom is 0.322 e. The Kier molecular flexibility index (Phi) is 5.09. The van der Waals surface area contributed by atoms with Gasteiger partial charge >= 0.3 is 6.03 Å². The average Bonchev–Trinajstić information content (AvgIpc) is 2.69. The van der Waals surface area contributed by atoms with Gasteiger partial charge in [-0.15, -0.1) is 0 Å². The van der Waals surface area contributed by atoms with Crippen molar-refractivity contribution in [3.8, 4) is 0 Å². The van der Waals surface area contributed by atoms with E-state index in [2.05, 4.69) is 15.2 Å². The lowest BCUT2D eigenvalue weighted by Crippen LogP contribution is -2.63. The average molecular weight is 366 g/mol. The minimum Gasteiger partial charge on any atom is -0.386 e. The molecular weight excluding hydrogens is 340 g/mol. The first-order valence-electron chi connectivity index (χ1n) is 9.57. The number of hydrogen-bond donors (Lipinski definition) is 2. The molecule has 4 heterocycles. The van der Waals surface area contributed by atoms with E-state index in [0.717, 1.165) is 31.5 Å². The summed E-state index contributed by atoms with van der Waals surface area (Å²) in [5.74, 6) is 0.256. The third-order valence-corrected chi connectivity index (χ3v) is 5.73. The number of amides is 2. The van der Waals surface area contributed by atoms with Gasteiger partial charge in [0.25, 0.3) is 0 Å². The van der Waals surface area contributed by atoms with E-state index >= 15 is 0 Å². The van der Waals surface area contributed by atoms with Crippen LogP contribution in [0.15, 0.2) is 54.9 Å². The topological polar surface area (TPSA) is 68.7 Å². The number of carbonyl (C=O) groups excluding carboxylic acids is 1. The second kappa shape index (κ2) is 7.66. The number of rotatable bonds is 5. The number of hydrogen-bond acceptors (Lipinski definition) is 4. The summed E-state index contributed by atoms with van der Waals surface area (Å²) in [6.07, 6.45) is 5.30. The van der Waals surface area contributed by atoms with Crippen LogP contribution in [0.1, 0.15) is 18.4 Å². The fourth-order valence-electron chi connectivity index (χ4n) is 4.30. The van der Waals surface area contributed by atoms with Crippen molar-refractivity contribution in [2.45, 2.75) is 25.0 Å². The van der Waals surface area contributed by atoms with E-state index in [1.807, 2.05) is 36.4 Å². The van der Waals surface area contributed by atoms with Gasteiger partial charge in [0.2, 0.25) is 0 Å². The van der Waals surface area contributed by atoms with Crippen LogP contribution in [0.5, 0.6) is 0 Å². The summed E-state index contributed by atoms with van der Waals surface area (Å²) in [4.78, 5) is 21.1. The number of carbonyl (C=O) groups is 1. The molecule has 3 aliphatic rings. The molecule has 0 spiro atoms. The number of anilines is 1. The lowest BCUT2D eigenvalue weighted by molar-refractivity contribution is -0.121. The second-order valence-corrected chi connectivity index (χ2v) is 7.67. The summed E-state index contributed by atoms with van der Waals surface area (Å²) in [5.41, 5.74) is 0.850. The zero-order valence-electron chi connectivity index (χ0n) is 15.4. The summed E-state index contributed by atoms with van der Waals surface area (Å²) in [5, 5.41) is 14.3. The van der Waals surface area contributed by atoms with Crippen LogP contribution in [-0.4, -0.2) is 57.7 Å². The van der Waals surface area contributed by atoms with Crippen molar-refractivity contribution in [1.29, 1.82) is 0 Å². The van der Waals surface area contributed by atoms with Crippen molar-refractivity contribution >= 4 is 11.7 Å². The molecule has 0 radical (unpaired) electrons. The Labute approximate surface area is 159 Å². The number of benzene rings is 1. The van der Waals surface area contributed by atoms with Gasteiger partial charge in [0, 0.05) is 19.3 Å². The molecule has 27 heavy (non-hydrogen) atoms. The standard InChI is InChI=1S/C21H26N4O2/c26-20(23-19-7-4-10-22-13-19)25(14-17-5-2-1-3-6-17)16-21(27)15-24-11-8-18(21)9-12-24/h1-7,10,13,18,27H,8-9,11-12,14-16H2,(H,23,26). The molecule has 1 aromatic carbocycles. The SMILES string of the molecule is O=C(Nc1cccnc1)N(Cc1ccccc1)CC1(O)CN2CCC1CC2. The van der Waals surface area contributed by atoms with Crippen molar-refractivity contribution in [2.24, 2.45) is 5.92 Å². The third-order valence-electron chi connectivity index (χ3n) is 5.73. The van der Waals surface area contributed by atoms with E-state index < -0.39 is 5.60 Å². The van der Waals surface area contributed by atoms with Crippen LogP contribution < -0.4 is 5.32 Å². The van der Waals surface area contributed by atoms with Gasteiger partial charge in [-0.1, -0.05) is 30.3 Å². The first kappa shape index (κ1) is 17.9. The van der Waals surface area contributed by atoms with E-state index in [0.29, 0.717) is 25.3 Å². The molecule has 2 amide bonds. The summed E-state index contributed by atoms with van der Waals surface area (Å²) in [6.45, 7) is 3.53. The zero-order valence-corrected chi connectivity index (χ0v) is 15.4. The number of urea groups is 1. The largest absolute Gasteiger partial charge is 0.386 e. The normalized spacial score (nSPS) is 26.6. The number of aromatic nitrogens is 1. The van der Waals surface area contributed by atoms with Gasteiger partial charge in [-0.3, -0.25) is 4.98 Å². The van der Waals surface area contributed by atoms with Crippen molar-refractivity contribution in [3.63, 3.8) is 0 Å². The van der Waals surface area contributed by atoms with Crippen molar-refractivity contribution in [2.75, 3.05) is 31.5 Å². The van der Waals surface area contributed by atoms with Crippen LogP contribution in [0.3, 0.4) is 0 Å². The predicted octanol–water partition coefficient (Wildman–Crippen LogP) is 2.57. The molecule has 3 fully saturated rings. The van der Waals surface area contributed by atoms with Crippen LogP contribution in [0.4, 0.5) is 10.5 Å². The van der Waals surface area contributed by atoms with E-state index in [-0.39, 0.29) is 11.9 Å². The number of pyridine rings is 1. The lowest BCUT2D eigenvalue weighted by Gasteiger charge is -2.51. The van der Waals surface area contributed by atoms with E-state index in [1.54, 1.807) is 23.4 Å². The third kappa shape index (κ3) is 4.12. The molecule has 0 aliphatic carbocycles. The molecule has 2 aromatic rings. The molecule has 2 N–H and O–H groups in total. The number of piperidine rings is 3. The van der Waals surface area contributed by atoms with Crippen LogP contribution >= 0.6 is 0 Å². The maximum atomic E-state index is 13.0. The van der Waals surface area contributed by atoms with Gasteiger partial charge in [0.05, 0.1) is 24.0 Å². The van der Waals surface area contributed by atoms with Gasteiger partial charge in [-0.05, 0) is 49.5 Å². The first-order valence-corrected chi connectivity index (χ1v) is 9.57.